The summed E-state index contributed by atoms with van der Waals surface area (Å²) in [6.45, 7) is -0.107. The van der Waals surface area contributed by atoms with Crippen molar-refractivity contribution in [2.24, 2.45) is 5.73 Å². The van der Waals surface area contributed by atoms with E-state index in [0.29, 0.717) is 0 Å². The van der Waals surface area contributed by atoms with Gasteiger partial charge in [-0.3, -0.25) is 0 Å². The number of nitrogens with zero attached hydrogens (tertiary/aromatic N) is 1. The lowest BCUT2D eigenvalue weighted by atomic mass is 10.0. The van der Waals surface area contributed by atoms with Gasteiger partial charge >= 0.3 is 12.3 Å². The molecule has 0 saturated heterocycles. The van der Waals surface area contributed by atoms with Gasteiger partial charge in [0.15, 0.2) is 0 Å². The van der Waals surface area contributed by atoms with Crippen LogP contribution in [0, 0.1) is 11.3 Å². The number of esters is 1. The zero-order valence-corrected chi connectivity index (χ0v) is 9.75. The van der Waals surface area contributed by atoms with Gasteiger partial charge in [0.2, 0.25) is 0 Å². The molecule has 0 bridgehead atoms. The van der Waals surface area contributed by atoms with Gasteiger partial charge in [-0.2, -0.15) is 5.26 Å². The van der Waals surface area contributed by atoms with Gasteiger partial charge in [-0.1, -0.05) is 0 Å². The summed E-state index contributed by atoms with van der Waals surface area (Å²) in [5.41, 5.74) is 4.65. The van der Waals surface area contributed by atoms with Crippen LogP contribution in [0.4, 0.5) is 13.2 Å². The lowest BCUT2D eigenvalue weighted by molar-refractivity contribution is -0.274. The summed E-state index contributed by atoms with van der Waals surface area (Å²) < 4.78 is 44.9. The van der Waals surface area contributed by atoms with Crippen molar-refractivity contribution in [1.29, 1.82) is 5.26 Å². The highest BCUT2D eigenvalue weighted by atomic mass is 19.4. The van der Waals surface area contributed by atoms with Gasteiger partial charge in [0.05, 0.1) is 12.7 Å². The van der Waals surface area contributed by atoms with Crippen LogP contribution in [-0.2, 0) is 11.3 Å². The van der Waals surface area contributed by atoms with Gasteiger partial charge in [-0.25, -0.2) is 4.79 Å². The van der Waals surface area contributed by atoms with Crippen molar-refractivity contribution in [3.05, 3.63) is 28.8 Å². The molecular weight excluding hydrogens is 265 g/mol. The summed E-state index contributed by atoms with van der Waals surface area (Å²) in [6.07, 6.45) is -5.00. The number of nitrogens with two attached hydrogens (primary N) is 1. The van der Waals surface area contributed by atoms with Crippen LogP contribution in [0.1, 0.15) is 21.5 Å². The number of hydrogen-bond donors (Lipinski definition) is 1. The molecule has 0 saturated carbocycles. The van der Waals surface area contributed by atoms with Crippen molar-refractivity contribution in [3.63, 3.8) is 0 Å². The number of methoxy groups -OCH3 is 1. The smallest absolute Gasteiger partial charge is 0.465 e. The van der Waals surface area contributed by atoms with Crippen LogP contribution in [-0.4, -0.2) is 19.4 Å². The third-order valence-corrected chi connectivity index (χ3v) is 2.13. The van der Waals surface area contributed by atoms with E-state index in [9.17, 15) is 18.0 Å². The molecule has 0 spiro atoms. The first-order valence-electron chi connectivity index (χ1n) is 4.93. The molecule has 0 amide bonds. The molecule has 1 rings (SSSR count). The van der Waals surface area contributed by atoms with Gasteiger partial charge in [0.25, 0.3) is 0 Å². The first-order chi connectivity index (χ1) is 8.82. The average Bonchev–Trinajstić information content (AvgIpc) is 2.34. The zero-order valence-electron chi connectivity index (χ0n) is 9.75. The van der Waals surface area contributed by atoms with E-state index in [1.165, 1.54) is 6.07 Å². The van der Waals surface area contributed by atoms with Gasteiger partial charge in [0.1, 0.15) is 17.4 Å². The van der Waals surface area contributed by atoms with Crippen molar-refractivity contribution in [2.45, 2.75) is 12.9 Å². The van der Waals surface area contributed by atoms with Crippen LogP contribution in [0.2, 0.25) is 0 Å². The number of carbonyl (C=O) groups excluding carboxylic acids is 1. The summed E-state index contributed by atoms with van der Waals surface area (Å²) >= 11 is 0. The number of halogens is 3. The number of nitriles is 1. The minimum atomic E-state index is -5.00. The Kier molecular flexibility index (Phi) is 4.34. The molecule has 5 nitrogen and oxygen atoms in total. The first kappa shape index (κ1) is 14.8. The normalized spacial score (nSPS) is 10.7. The molecule has 0 aromatic heterocycles. The molecule has 19 heavy (non-hydrogen) atoms. The number of benzene rings is 1. The number of hydrogen-bond acceptors (Lipinski definition) is 5. The van der Waals surface area contributed by atoms with E-state index in [1.54, 1.807) is 6.07 Å². The second-order valence-electron chi connectivity index (χ2n) is 3.37. The maximum Gasteiger partial charge on any atom is 0.573 e. The Morgan fingerprint density at radius 1 is 1.47 bits per heavy atom. The van der Waals surface area contributed by atoms with Crippen LogP contribution >= 0.6 is 0 Å². The number of carbonyl (C=O) groups is 1. The van der Waals surface area contributed by atoms with Gasteiger partial charge in [-0.05, 0) is 17.7 Å². The Morgan fingerprint density at radius 3 is 2.53 bits per heavy atom. The molecule has 0 aliphatic heterocycles. The van der Waals surface area contributed by atoms with Crippen LogP contribution < -0.4 is 10.5 Å². The van der Waals surface area contributed by atoms with E-state index in [1.807, 2.05) is 0 Å². The predicted molar refractivity (Wildman–Crippen MR) is 57.1 cm³/mol. The molecule has 1 aromatic carbocycles. The van der Waals surface area contributed by atoms with E-state index in [0.717, 1.165) is 13.2 Å². The van der Waals surface area contributed by atoms with Gasteiger partial charge < -0.3 is 15.2 Å². The van der Waals surface area contributed by atoms with Crippen LogP contribution in [0.25, 0.3) is 0 Å². The summed E-state index contributed by atoms with van der Waals surface area (Å²) in [6, 6.07) is 3.76. The molecule has 0 aliphatic rings. The molecule has 102 valence electrons. The fraction of sp³-hybridized carbons (Fsp3) is 0.273. The molecule has 0 atom stereocenters. The second-order valence-corrected chi connectivity index (χ2v) is 3.37. The largest absolute Gasteiger partial charge is 0.573 e. The maximum atomic E-state index is 12.3. The molecule has 8 heteroatoms. The lowest BCUT2D eigenvalue weighted by Crippen LogP contribution is -2.20. The molecule has 0 aliphatic carbocycles. The molecule has 0 unspecified atom stereocenters. The van der Waals surface area contributed by atoms with E-state index < -0.39 is 23.6 Å². The van der Waals surface area contributed by atoms with Crippen molar-refractivity contribution in [2.75, 3.05) is 7.11 Å². The van der Waals surface area contributed by atoms with Crippen LogP contribution in [0.15, 0.2) is 12.1 Å². The van der Waals surface area contributed by atoms with E-state index in [4.69, 9.17) is 11.0 Å². The van der Waals surface area contributed by atoms with Gasteiger partial charge in [0, 0.05) is 6.54 Å². The quantitative estimate of drug-likeness (QED) is 0.848. The summed E-state index contributed by atoms with van der Waals surface area (Å²) in [5, 5.41) is 8.87. The average molecular weight is 274 g/mol. The fourth-order valence-electron chi connectivity index (χ4n) is 1.40. The molecule has 0 heterocycles. The highest BCUT2D eigenvalue weighted by Crippen LogP contribution is 2.30. The molecule has 1 aromatic rings. The predicted octanol–water partition coefficient (Wildman–Crippen LogP) is 1.70. The Hall–Kier alpha value is -2.27. The van der Waals surface area contributed by atoms with Crippen molar-refractivity contribution < 1.29 is 27.4 Å². The highest BCUT2D eigenvalue weighted by molar-refractivity contribution is 5.95. The summed E-state index contributed by atoms with van der Waals surface area (Å²) in [5.74, 6) is -1.90. The second kappa shape index (κ2) is 5.58. The summed E-state index contributed by atoms with van der Waals surface area (Å²) in [7, 11) is 0.984. The zero-order chi connectivity index (χ0) is 14.6. The van der Waals surface area contributed by atoms with Crippen LogP contribution in [0.5, 0.6) is 5.75 Å². The number of ether oxygens (including phenoxy) is 2. The van der Waals surface area contributed by atoms with Crippen LogP contribution in [0.3, 0.4) is 0 Å². The Bertz CT molecular complexity index is 535. The molecule has 0 fully saturated rings. The minimum Gasteiger partial charge on any atom is -0.465 e. The lowest BCUT2D eigenvalue weighted by Gasteiger charge is -2.14. The Labute approximate surface area is 106 Å². The monoisotopic (exact) mass is 274 g/mol. The molecule has 2 N–H and O–H groups in total. The summed E-state index contributed by atoms with van der Waals surface area (Å²) in [4.78, 5) is 11.4. The highest BCUT2D eigenvalue weighted by Gasteiger charge is 2.34. The van der Waals surface area contributed by atoms with Crippen molar-refractivity contribution in [3.8, 4) is 11.8 Å². The third-order valence-electron chi connectivity index (χ3n) is 2.13. The number of alkyl halides is 3. The van der Waals surface area contributed by atoms with E-state index in [2.05, 4.69) is 9.47 Å². The van der Waals surface area contributed by atoms with Crippen molar-refractivity contribution in [1.82, 2.24) is 0 Å². The van der Waals surface area contributed by atoms with Crippen molar-refractivity contribution >= 4 is 5.97 Å². The van der Waals surface area contributed by atoms with E-state index >= 15 is 0 Å². The topological polar surface area (TPSA) is 85.3 Å². The number of rotatable bonds is 3. The fourth-order valence-corrected chi connectivity index (χ4v) is 1.40. The Balaban J connectivity index is 3.47. The molecule has 0 radical (unpaired) electrons. The van der Waals surface area contributed by atoms with Gasteiger partial charge in [-0.15, -0.1) is 13.2 Å². The molecular formula is C11H9F3N2O3. The third kappa shape index (κ3) is 3.59. The SMILES string of the molecule is COC(=O)c1c(C#N)cc(CN)cc1OC(F)(F)F. The minimum absolute atomic E-state index is 0.107. The van der Waals surface area contributed by atoms with E-state index in [-0.39, 0.29) is 17.7 Å². The maximum absolute atomic E-state index is 12.3. The standard InChI is InChI=1S/C11H9F3N2O3/c1-18-10(17)9-7(5-16)2-6(4-15)3-8(9)19-11(12,13)14/h2-3H,4,15H2,1H3. The Morgan fingerprint density at radius 2 is 2.11 bits per heavy atom. The first-order valence-corrected chi connectivity index (χ1v) is 4.93.